The van der Waals surface area contributed by atoms with Gasteiger partial charge in [-0.05, 0) is 59.6 Å². The Kier molecular flexibility index (Phi) is 6.91. The number of ether oxygens (including phenoxy) is 3. The zero-order valence-corrected chi connectivity index (χ0v) is 18.6. The summed E-state index contributed by atoms with van der Waals surface area (Å²) in [5, 5.41) is 4.37. The predicted octanol–water partition coefficient (Wildman–Crippen LogP) is 2.67. The van der Waals surface area contributed by atoms with Gasteiger partial charge in [0.15, 0.2) is 17.6 Å². The van der Waals surface area contributed by atoms with Crippen molar-refractivity contribution in [1.29, 1.82) is 0 Å². The summed E-state index contributed by atoms with van der Waals surface area (Å²) in [5.41, 5.74) is -0.232. The second-order valence-electron chi connectivity index (χ2n) is 6.38. The Morgan fingerprint density at radius 1 is 1.29 bits per heavy atom. The van der Waals surface area contributed by atoms with Crippen molar-refractivity contribution >= 4 is 39.0 Å². The van der Waals surface area contributed by atoms with Crippen LogP contribution in [0.5, 0.6) is 11.5 Å². The molecule has 9 nitrogen and oxygen atoms in total. The van der Waals surface area contributed by atoms with Gasteiger partial charge in [0.2, 0.25) is 0 Å². The summed E-state index contributed by atoms with van der Waals surface area (Å²) < 4.78 is 17.2. The smallest absolute Gasteiger partial charge is 0.349 e. The lowest BCUT2D eigenvalue weighted by atomic mass is 10.2. The quantitative estimate of drug-likeness (QED) is 0.403. The molecule has 10 heteroatoms. The molecule has 2 aromatic carbocycles. The Bertz CT molecular complexity index is 1260. The van der Waals surface area contributed by atoms with E-state index in [0.29, 0.717) is 32.4 Å². The van der Waals surface area contributed by atoms with Crippen molar-refractivity contribution in [2.45, 2.75) is 20.0 Å². The summed E-state index contributed by atoms with van der Waals surface area (Å²) in [4.78, 5) is 39.3. The highest BCUT2D eigenvalue weighted by Gasteiger charge is 2.20. The Labute approximate surface area is 185 Å². The lowest BCUT2D eigenvalue weighted by Crippen LogP contribution is -2.32. The number of rotatable bonds is 7. The Balaban J connectivity index is 1.95. The molecule has 0 amide bonds. The van der Waals surface area contributed by atoms with E-state index in [9.17, 15) is 14.4 Å². The molecule has 0 fully saturated rings. The van der Waals surface area contributed by atoms with Crippen LogP contribution in [0.3, 0.4) is 0 Å². The first kappa shape index (κ1) is 22.3. The summed E-state index contributed by atoms with van der Waals surface area (Å²) in [6, 6.07) is 9.93. The van der Waals surface area contributed by atoms with Crippen LogP contribution in [0.1, 0.15) is 19.4 Å². The molecule has 0 bridgehead atoms. The minimum atomic E-state index is -0.848. The molecule has 0 spiro atoms. The number of benzene rings is 2. The molecule has 1 N–H and O–H groups in total. The van der Waals surface area contributed by atoms with Crippen molar-refractivity contribution in [2.24, 2.45) is 5.10 Å². The Morgan fingerprint density at radius 2 is 2.03 bits per heavy atom. The van der Waals surface area contributed by atoms with Gasteiger partial charge in [0, 0.05) is 0 Å². The summed E-state index contributed by atoms with van der Waals surface area (Å²) in [5.74, 6) is 0.129. The highest BCUT2D eigenvalue weighted by atomic mass is 79.9. The molecular formula is C21H20BrN3O6. The van der Waals surface area contributed by atoms with Crippen molar-refractivity contribution in [3.63, 3.8) is 0 Å². The van der Waals surface area contributed by atoms with Crippen molar-refractivity contribution in [2.75, 3.05) is 13.7 Å². The van der Waals surface area contributed by atoms with E-state index in [4.69, 9.17) is 14.2 Å². The second kappa shape index (κ2) is 9.61. The summed E-state index contributed by atoms with van der Waals surface area (Å²) in [7, 11) is 1.45. The van der Waals surface area contributed by atoms with Crippen LogP contribution in [0.2, 0.25) is 0 Å². The molecule has 1 atom stereocenters. The van der Waals surface area contributed by atoms with Gasteiger partial charge in [-0.3, -0.25) is 4.79 Å². The largest absolute Gasteiger partial charge is 0.493 e. The van der Waals surface area contributed by atoms with E-state index in [1.54, 1.807) is 50.2 Å². The van der Waals surface area contributed by atoms with Crippen molar-refractivity contribution in [3.05, 3.63) is 67.3 Å². The van der Waals surface area contributed by atoms with Crippen LogP contribution >= 0.6 is 15.9 Å². The standard InChI is InChI=1S/C21H20BrN3O6/c1-4-30-20(27)12(2)31-18-15(22)9-13(10-17(18)29-3)11-23-25-19(26)14-7-5-6-8-16(14)24-21(25)28/h5-12H,4H2,1-3H3,(H,24,28). The first-order valence-electron chi connectivity index (χ1n) is 9.35. The Hall–Kier alpha value is -3.40. The maximum absolute atomic E-state index is 12.6. The average molecular weight is 490 g/mol. The van der Waals surface area contributed by atoms with Crippen molar-refractivity contribution < 1.29 is 19.0 Å². The van der Waals surface area contributed by atoms with Gasteiger partial charge in [0.25, 0.3) is 5.56 Å². The number of esters is 1. The third-order valence-corrected chi connectivity index (χ3v) is 4.86. The zero-order chi connectivity index (χ0) is 22.5. The van der Waals surface area contributed by atoms with Crippen molar-refractivity contribution in [1.82, 2.24) is 9.66 Å². The SMILES string of the molecule is CCOC(=O)C(C)Oc1c(Br)cc(C=Nn2c(=O)[nH]c3ccccc3c2=O)cc1OC. The van der Waals surface area contributed by atoms with Gasteiger partial charge in [0.05, 0.1) is 35.3 Å². The van der Waals surface area contributed by atoms with Crippen LogP contribution < -0.4 is 20.7 Å². The van der Waals surface area contributed by atoms with Crippen molar-refractivity contribution in [3.8, 4) is 11.5 Å². The summed E-state index contributed by atoms with van der Waals surface area (Å²) in [6.07, 6.45) is 0.497. The summed E-state index contributed by atoms with van der Waals surface area (Å²) >= 11 is 3.39. The molecule has 1 aromatic heterocycles. The van der Waals surface area contributed by atoms with Crippen LogP contribution in [0.4, 0.5) is 0 Å². The number of halogens is 1. The molecule has 1 heterocycles. The number of hydrogen-bond donors (Lipinski definition) is 1. The second-order valence-corrected chi connectivity index (χ2v) is 7.24. The number of methoxy groups -OCH3 is 1. The topological polar surface area (TPSA) is 112 Å². The molecule has 3 rings (SSSR count). The molecular weight excluding hydrogens is 470 g/mol. The fourth-order valence-electron chi connectivity index (χ4n) is 2.80. The molecule has 3 aromatic rings. The number of H-pyrrole nitrogens is 1. The first-order valence-corrected chi connectivity index (χ1v) is 10.1. The van der Waals surface area contributed by atoms with Gasteiger partial charge in [-0.2, -0.15) is 5.10 Å². The molecule has 0 aliphatic heterocycles. The number of nitrogens with one attached hydrogen (secondary N) is 1. The van der Waals surface area contributed by atoms with E-state index < -0.39 is 23.3 Å². The number of carbonyl (C=O) groups excluding carboxylic acids is 1. The molecule has 31 heavy (non-hydrogen) atoms. The maximum Gasteiger partial charge on any atom is 0.349 e. The zero-order valence-electron chi connectivity index (χ0n) is 17.0. The molecule has 0 saturated heterocycles. The van der Waals surface area contributed by atoms with E-state index >= 15 is 0 Å². The summed E-state index contributed by atoms with van der Waals surface area (Å²) in [6.45, 7) is 3.52. The minimum Gasteiger partial charge on any atom is -0.493 e. The van der Waals surface area contributed by atoms with E-state index in [2.05, 4.69) is 26.0 Å². The third kappa shape index (κ3) is 4.85. The molecule has 0 aliphatic rings. The number of hydrogen-bond acceptors (Lipinski definition) is 7. The third-order valence-electron chi connectivity index (χ3n) is 4.27. The van der Waals surface area contributed by atoms with Gasteiger partial charge in [0.1, 0.15) is 0 Å². The van der Waals surface area contributed by atoms with E-state index in [-0.39, 0.29) is 6.61 Å². The average Bonchev–Trinajstić information content (AvgIpc) is 2.75. The normalized spacial score (nSPS) is 12.1. The van der Waals surface area contributed by atoms with Gasteiger partial charge in [-0.25, -0.2) is 9.59 Å². The molecule has 0 saturated carbocycles. The van der Waals surface area contributed by atoms with Crippen LogP contribution in [0.25, 0.3) is 10.9 Å². The molecule has 0 radical (unpaired) electrons. The minimum absolute atomic E-state index is 0.244. The van der Waals surface area contributed by atoms with Gasteiger partial charge >= 0.3 is 11.7 Å². The number of carbonyl (C=O) groups is 1. The highest BCUT2D eigenvalue weighted by Crippen LogP contribution is 2.37. The van der Waals surface area contributed by atoms with Gasteiger partial charge in [-0.1, -0.05) is 12.1 Å². The maximum atomic E-state index is 12.6. The molecule has 0 aliphatic carbocycles. The number of fused-ring (bicyclic) bond motifs is 1. The number of nitrogens with zero attached hydrogens (tertiary/aromatic N) is 2. The number of aromatic amines is 1. The molecule has 1 unspecified atom stereocenters. The first-order chi connectivity index (χ1) is 14.8. The number of para-hydroxylation sites is 1. The Morgan fingerprint density at radius 3 is 2.74 bits per heavy atom. The lowest BCUT2D eigenvalue weighted by molar-refractivity contribution is -0.150. The lowest BCUT2D eigenvalue weighted by Gasteiger charge is -2.17. The van der Waals surface area contributed by atoms with E-state index in [1.165, 1.54) is 13.3 Å². The van der Waals surface area contributed by atoms with Gasteiger partial charge < -0.3 is 19.2 Å². The fourth-order valence-corrected chi connectivity index (χ4v) is 3.35. The van der Waals surface area contributed by atoms with E-state index in [1.807, 2.05) is 0 Å². The van der Waals surface area contributed by atoms with Crippen LogP contribution in [-0.2, 0) is 9.53 Å². The molecule has 162 valence electrons. The predicted molar refractivity (Wildman–Crippen MR) is 119 cm³/mol. The van der Waals surface area contributed by atoms with Crippen LogP contribution in [0.15, 0.2) is 55.6 Å². The van der Waals surface area contributed by atoms with Crippen LogP contribution in [-0.4, -0.2) is 41.7 Å². The van der Waals surface area contributed by atoms with Crippen LogP contribution in [0, 0.1) is 0 Å². The van der Waals surface area contributed by atoms with E-state index in [0.717, 1.165) is 4.68 Å². The van der Waals surface area contributed by atoms with Gasteiger partial charge in [-0.15, -0.1) is 4.68 Å². The highest BCUT2D eigenvalue weighted by molar-refractivity contribution is 9.10. The monoisotopic (exact) mass is 489 g/mol. The fraction of sp³-hybridized carbons (Fsp3) is 0.238. The number of aromatic nitrogens is 2.